The van der Waals surface area contributed by atoms with Crippen molar-refractivity contribution < 1.29 is 19.1 Å². The molecule has 3 rings (SSSR count). The lowest BCUT2D eigenvalue weighted by Gasteiger charge is -2.19. The largest absolute Gasteiger partial charge is 0.443 e. The molecule has 0 radical (unpaired) electrons. The second kappa shape index (κ2) is 6.60. The summed E-state index contributed by atoms with van der Waals surface area (Å²) in [5.74, 6) is -1.27. The molecule has 1 unspecified atom stereocenters. The Labute approximate surface area is 133 Å². The van der Waals surface area contributed by atoms with Gasteiger partial charge >= 0.3 is 5.97 Å². The zero-order valence-corrected chi connectivity index (χ0v) is 12.5. The fraction of sp³-hybridized carbons (Fsp3) is 0.375. The lowest BCUT2D eigenvalue weighted by Crippen LogP contribution is -2.36. The standard InChI is InChI=1S/C16H17N3O4/c20-13-9-8-12(18-19-13)16(22)23-14(10-4-2-1-3-5-10)15(21)17-11-6-7-11/h1-5,11,14H,6-9H2,(H,17,21)(H,19,20). The molecule has 1 fully saturated rings. The van der Waals surface area contributed by atoms with Crippen molar-refractivity contribution in [2.45, 2.75) is 37.8 Å². The highest BCUT2D eigenvalue weighted by Gasteiger charge is 2.32. The Morgan fingerprint density at radius 1 is 1.22 bits per heavy atom. The minimum atomic E-state index is -1.02. The number of esters is 1. The van der Waals surface area contributed by atoms with Crippen LogP contribution in [0.2, 0.25) is 0 Å². The van der Waals surface area contributed by atoms with E-state index in [9.17, 15) is 14.4 Å². The van der Waals surface area contributed by atoms with Crippen LogP contribution in [-0.4, -0.2) is 29.5 Å². The van der Waals surface area contributed by atoms with E-state index in [1.807, 2.05) is 6.07 Å². The first-order valence-electron chi connectivity index (χ1n) is 7.55. The predicted molar refractivity (Wildman–Crippen MR) is 81.3 cm³/mol. The van der Waals surface area contributed by atoms with Crippen LogP contribution in [0.4, 0.5) is 0 Å². The van der Waals surface area contributed by atoms with Crippen LogP contribution in [0.15, 0.2) is 35.4 Å². The van der Waals surface area contributed by atoms with Gasteiger partial charge in [-0.1, -0.05) is 30.3 Å². The van der Waals surface area contributed by atoms with Gasteiger partial charge in [0.15, 0.2) is 0 Å². The van der Waals surface area contributed by atoms with E-state index in [1.165, 1.54) is 0 Å². The van der Waals surface area contributed by atoms with Crippen LogP contribution in [0.25, 0.3) is 0 Å². The number of hydrogen-bond donors (Lipinski definition) is 2. The lowest BCUT2D eigenvalue weighted by molar-refractivity contribution is -0.150. The van der Waals surface area contributed by atoms with Gasteiger partial charge in [0.05, 0.1) is 0 Å². The number of benzene rings is 1. The molecule has 0 bridgehead atoms. The Balaban J connectivity index is 1.74. The predicted octanol–water partition coefficient (Wildman–Crippen LogP) is 0.815. The van der Waals surface area contributed by atoms with E-state index in [4.69, 9.17) is 4.74 Å². The molecule has 1 aliphatic heterocycles. The minimum absolute atomic E-state index is 0.116. The molecule has 0 saturated heterocycles. The summed E-state index contributed by atoms with van der Waals surface area (Å²) in [6, 6.07) is 9.00. The summed E-state index contributed by atoms with van der Waals surface area (Å²) in [4.78, 5) is 35.7. The molecule has 0 aromatic heterocycles. The van der Waals surface area contributed by atoms with Crippen molar-refractivity contribution in [2.24, 2.45) is 5.10 Å². The maximum Gasteiger partial charge on any atom is 0.355 e. The van der Waals surface area contributed by atoms with Gasteiger partial charge in [-0.2, -0.15) is 5.10 Å². The quantitative estimate of drug-likeness (QED) is 0.786. The molecule has 7 heteroatoms. The molecule has 2 aliphatic rings. The van der Waals surface area contributed by atoms with E-state index in [-0.39, 0.29) is 36.4 Å². The molecule has 23 heavy (non-hydrogen) atoms. The molecule has 2 N–H and O–H groups in total. The van der Waals surface area contributed by atoms with Gasteiger partial charge in [0.1, 0.15) is 5.71 Å². The van der Waals surface area contributed by atoms with Crippen molar-refractivity contribution >= 4 is 23.5 Å². The molecule has 1 aromatic rings. The zero-order chi connectivity index (χ0) is 16.2. The summed E-state index contributed by atoms with van der Waals surface area (Å²) in [6.07, 6.45) is 1.25. The van der Waals surface area contributed by atoms with Gasteiger partial charge < -0.3 is 10.1 Å². The number of nitrogens with zero attached hydrogens (tertiary/aromatic N) is 1. The van der Waals surface area contributed by atoms with Gasteiger partial charge in [-0.25, -0.2) is 10.2 Å². The highest BCUT2D eigenvalue weighted by atomic mass is 16.5. The van der Waals surface area contributed by atoms with E-state index >= 15 is 0 Å². The maximum absolute atomic E-state index is 12.4. The minimum Gasteiger partial charge on any atom is -0.443 e. The van der Waals surface area contributed by atoms with Crippen LogP contribution in [0.1, 0.15) is 37.4 Å². The normalized spacial score (nSPS) is 18.4. The fourth-order valence-corrected chi connectivity index (χ4v) is 2.20. The molecule has 2 amide bonds. The smallest absolute Gasteiger partial charge is 0.355 e. The first-order valence-corrected chi connectivity index (χ1v) is 7.55. The maximum atomic E-state index is 12.4. The Hall–Kier alpha value is -2.70. The topological polar surface area (TPSA) is 96.9 Å². The average molecular weight is 315 g/mol. The highest BCUT2D eigenvalue weighted by molar-refractivity contribution is 6.37. The van der Waals surface area contributed by atoms with E-state index in [1.54, 1.807) is 24.3 Å². The lowest BCUT2D eigenvalue weighted by atomic mass is 10.1. The number of ether oxygens (including phenoxy) is 1. The van der Waals surface area contributed by atoms with Gasteiger partial charge in [0.25, 0.3) is 5.91 Å². The van der Waals surface area contributed by atoms with Crippen molar-refractivity contribution in [3.05, 3.63) is 35.9 Å². The second-order valence-corrected chi connectivity index (χ2v) is 5.57. The summed E-state index contributed by atoms with van der Waals surface area (Å²) in [7, 11) is 0. The Morgan fingerprint density at radius 2 is 1.96 bits per heavy atom. The van der Waals surface area contributed by atoms with Crippen molar-refractivity contribution in [3.8, 4) is 0 Å². The number of nitrogens with one attached hydrogen (secondary N) is 2. The van der Waals surface area contributed by atoms with Crippen LogP contribution in [0.3, 0.4) is 0 Å². The van der Waals surface area contributed by atoms with Crippen molar-refractivity contribution in [1.82, 2.24) is 10.7 Å². The van der Waals surface area contributed by atoms with E-state index < -0.39 is 12.1 Å². The number of rotatable bonds is 5. The molecule has 1 atom stereocenters. The van der Waals surface area contributed by atoms with Gasteiger partial charge in [0, 0.05) is 24.4 Å². The van der Waals surface area contributed by atoms with Crippen LogP contribution in [-0.2, 0) is 19.1 Å². The third-order valence-electron chi connectivity index (χ3n) is 3.63. The average Bonchev–Trinajstić information content (AvgIpc) is 3.37. The van der Waals surface area contributed by atoms with Crippen LogP contribution < -0.4 is 10.7 Å². The molecule has 1 aromatic carbocycles. The highest BCUT2D eigenvalue weighted by Crippen LogP contribution is 2.23. The first kappa shape index (κ1) is 15.2. The Morgan fingerprint density at radius 3 is 2.57 bits per heavy atom. The van der Waals surface area contributed by atoms with Crippen molar-refractivity contribution in [3.63, 3.8) is 0 Å². The van der Waals surface area contributed by atoms with Gasteiger partial charge in [-0.05, 0) is 12.8 Å². The third kappa shape index (κ3) is 3.94. The summed E-state index contributed by atoms with van der Waals surface area (Å²) >= 11 is 0. The monoisotopic (exact) mass is 315 g/mol. The van der Waals surface area contributed by atoms with E-state index in [2.05, 4.69) is 15.8 Å². The molecule has 1 aliphatic carbocycles. The summed E-state index contributed by atoms with van der Waals surface area (Å²) < 4.78 is 5.37. The first-order chi connectivity index (χ1) is 11.1. The number of hydrazone groups is 1. The molecular formula is C16H17N3O4. The fourth-order valence-electron chi connectivity index (χ4n) is 2.20. The van der Waals surface area contributed by atoms with Gasteiger partial charge in [-0.3, -0.25) is 9.59 Å². The Kier molecular flexibility index (Phi) is 4.36. The summed E-state index contributed by atoms with van der Waals surface area (Å²) in [5, 5.41) is 6.54. The van der Waals surface area contributed by atoms with Crippen LogP contribution in [0.5, 0.6) is 0 Å². The number of amides is 2. The SMILES string of the molecule is O=C1CCC(C(=O)OC(C(=O)NC2CC2)c2ccccc2)=NN1. The molecule has 7 nitrogen and oxygen atoms in total. The number of carbonyl (C=O) groups is 3. The van der Waals surface area contributed by atoms with Crippen molar-refractivity contribution in [2.75, 3.05) is 0 Å². The van der Waals surface area contributed by atoms with Gasteiger partial charge in [0.2, 0.25) is 12.0 Å². The van der Waals surface area contributed by atoms with Crippen molar-refractivity contribution in [1.29, 1.82) is 0 Å². The molecule has 120 valence electrons. The van der Waals surface area contributed by atoms with E-state index in [0.717, 1.165) is 12.8 Å². The Bertz CT molecular complexity index is 653. The van der Waals surface area contributed by atoms with Crippen LogP contribution >= 0.6 is 0 Å². The summed E-state index contributed by atoms with van der Waals surface area (Å²) in [5.41, 5.74) is 2.96. The third-order valence-corrected chi connectivity index (χ3v) is 3.63. The molecule has 0 spiro atoms. The second-order valence-electron chi connectivity index (χ2n) is 5.57. The van der Waals surface area contributed by atoms with Crippen LogP contribution in [0, 0.1) is 0 Å². The number of carbonyl (C=O) groups excluding carboxylic acids is 3. The number of hydrogen-bond acceptors (Lipinski definition) is 5. The summed E-state index contributed by atoms with van der Waals surface area (Å²) in [6.45, 7) is 0. The zero-order valence-electron chi connectivity index (χ0n) is 12.5. The molecule has 1 saturated carbocycles. The molecular weight excluding hydrogens is 298 g/mol. The molecule has 1 heterocycles. The van der Waals surface area contributed by atoms with E-state index in [0.29, 0.717) is 5.56 Å². The van der Waals surface area contributed by atoms with Gasteiger partial charge in [-0.15, -0.1) is 0 Å².